The molecule has 0 radical (unpaired) electrons. The van der Waals surface area contributed by atoms with E-state index in [2.05, 4.69) is 5.32 Å². The molecule has 0 saturated heterocycles. The van der Waals surface area contributed by atoms with E-state index in [9.17, 15) is 19.7 Å². The smallest absolute Gasteiger partial charge is 0.412 e. The van der Waals surface area contributed by atoms with Gasteiger partial charge in [-0.05, 0) is 12.1 Å². The molecular formula is C10H10N2O6. The minimum Gasteiger partial charge on any atom is -0.481 e. The summed E-state index contributed by atoms with van der Waals surface area (Å²) in [6.07, 6.45) is -1.03. The van der Waals surface area contributed by atoms with Crippen LogP contribution in [-0.4, -0.2) is 28.6 Å². The van der Waals surface area contributed by atoms with Gasteiger partial charge in [-0.2, -0.15) is 0 Å². The van der Waals surface area contributed by atoms with Crippen LogP contribution < -0.4 is 10.1 Å². The molecule has 1 amide bonds. The van der Waals surface area contributed by atoms with Crippen molar-refractivity contribution in [2.75, 3.05) is 6.54 Å². The highest BCUT2D eigenvalue weighted by Gasteiger charge is 2.08. The summed E-state index contributed by atoms with van der Waals surface area (Å²) in [5, 5.41) is 20.9. The number of nitrogens with one attached hydrogen (secondary N) is 1. The Bertz CT molecular complexity index is 456. The van der Waals surface area contributed by atoms with Crippen LogP contribution in [0.2, 0.25) is 0 Å². The Hall–Kier alpha value is -2.64. The number of nitrogens with zero attached hydrogens (tertiary/aromatic N) is 1. The number of aliphatic carboxylic acids is 1. The van der Waals surface area contributed by atoms with Crippen LogP contribution in [-0.2, 0) is 4.79 Å². The Labute approximate surface area is 101 Å². The number of non-ortho nitro benzene ring substituents is 1. The number of amides is 1. The molecule has 0 aliphatic rings. The molecule has 1 aromatic rings. The maximum Gasteiger partial charge on any atom is 0.412 e. The number of carbonyl (C=O) groups excluding carboxylic acids is 1. The first-order chi connectivity index (χ1) is 8.49. The molecule has 0 fully saturated rings. The zero-order valence-corrected chi connectivity index (χ0v) is 9.16. The third kappa shape index (κ3) is 4.47. The zero-order valence-electron chi connectivity index (χ0n) is 9.16. The maximum atomic E-state index is 11.2. The van der Waals surface area contributed by atoms with Crippen molar-refractivity contribution in [1.82, 2.24) is 5.32 Å². The SMILES string of the molecule is O=C(O)CCNC(=O)Oc1ccc([N+](=O)[O-])cc1. The molecule has 0 saturated carbocycles. The van der Waals surface area contributed by atoms with Gasteiger partial charge in [0.05, 0.1) is 11.3 Å². The molecule has 0 bridgehead atoms. The summed E-state index contributed by atoms with van der Waals surface area (Å²) < 4.78 is 4.77. The molecule has 0 atom stereocenters. The predicted octanol–water partition coefficient (Wildman–Crippen LogP) is 1.16. The van der Waals surface area contributed by atoms with Crippen LogP contribution in [0.25, 0.3) is 0 Å². The fraction of sp³-hybridized carbons (Fsp3) is 0.200. The van der Waals surface area contributed by atoms with E-state index in [0.29, 0.717) is 0 Å². The van der Waals surface area contributed by atoms with Crippen LogP contribution in [0.5, 0.6) is 5.75 Å². The molecule has 0 heterocycles. The summed E-state index contributed by atoms with van der Waals surface area (Å²) in [4.78, 5) is 31.1. The summed E-state index contributed by atoms with van der Waals surface area (Å²) in [6, 6.07) is 4.93. The molecule has 1 rings (SSSR count). The highest BCUT2D eigenvalue weighted by atomic mass is 16.6. The molecule has 96 valence electrons. The minimum absolute atomic E-state index is 0.0544. The summed E-state index contributed by atoms with van der Waals surface area (Å²) in [5.74, 6) is -0.904. The van der Waals surface area contributed by atoms with E-state index in [1.165, 1.54) is 24.3 Å². The van der Waals surface area contributed by atoms with Crippen molar-refractivity contribution in [1.29, 1.82) is 0 Å². The van der Waals surface area contributed by atoms with E-state index in [4.69, 9.17) is 9.84 Å². The highest BCUT2D eigenvalue weighted by molar-refractivity contribution is 5.72. The van der Waals surface area contributed by atoms with Crippen LogP contribution >= 0.6 is 0 Å². The van der Waals surface area contributed by atoms with Gasteiger partial charge in [-0.15, -0.1) is 0 Å². The second-order valence-electron chi connectivity index (χ2n) is 3.21. The van der Waals surface area contributed by atoms with E-state index in [-0.39, 0.29) is 24.4 Å². The van der Waals surface area contributed by atoms with Crippen LogP contribution in [0.1, 0.15) is 6.42 Å². The molecular weight excluding hydrogens is 244 g/mol. The normalized spacial score (nSPS) is 9.56. The fourth-order valence-corrected chi connectivity index (χ4v) is 1.05. The van der Waals surface area contributed by atoms with Gasteiger partial charge in [-0.1, -0.05) is 0 Å². The first kappa shape index (κ1) is 13.4. The Morgan fingerprint density at radius 2 is 1.94 bits per heavy atom. The number of carbonyl (C=O) groups is 2. The minimum atomic E-state index is -1.04. The van der Waals surface area contributed by atoms with E-state index >= 15 is 0 Å². The van der Waals surface area contributed by atoms with Gasteiger partial charge in [0.2, 0.25) is 0 Å². The first-order valence-electron chi connectivity index (χ1n) is 4.91. The first-order valence-corrected chi connectivity index (χ1v) is 4.91. The largest absolute Gasteiger partial charge is 0.481 e. The van der Waals surface area contributed by atoms with E-state index in [0.717, 1.165) is 0 Å². The highest BCUT2D eigenvalue weighted by Crippen LogP contribution is 2.17. The molecule has 8 heteroatoms. The van der Waals surface area contributed by atoms with Crippen molar-refractivity contribution in [3.8, 4) is 5.75 Å². The standard InChI is InChI=1S/C10H10N2O6/c13-9(14)5-6-11-10(15)18-8-3-1-7(2-4-8)12(16)17/h1-4H,5-6H2,(H,11,15)(H,13,14). The lowest BCUT2D eigenvalue weighted by Gasteiger charge is -2.04. The second-order valence-corrected chi connectivity index (χ2v) is 3.21. The molecule has 0 aliphatic heterocycles. The second kappa shape index (κ2) is 6.18. The molecule has 1 aromatic carbocycles. The Morgan fingerprint density at radius 3 is 2.44 bits per heavy atom. The van der Waals surface area contributed by atoms with Crippen molar-refractivity contribution in [3.05, 3.63) is 34.4 Å². The lowest BCUT2D eigenvalue weighted by Crippen LogP contribution is -2.28. The van der Waals surface area contributed by atoms with Crippen molar-refractivity contribution < 1.29 is 24.4 Å². The Kier molecular flexibility index (Phi) is 4.61. The Morgan fingerprint density at radius 1 is 1.33 bits per heavy atom. The number of ether oxygens (including phenoxy) is 1. The maximum absolute atomic E-state index is 11.2. The average Bonchev–Trinajstić information content (AvgIpc) is 2.29. The van der Waals surface area contributed by atoms with Crippen LogP contribution in [0.15, 0.2) is 24.3 Å². The van der Waals surface area contributed by atoms with Crippen LogP contribution in [0.4, 0.5) is 10.5 Å². The number of benzene rings is 1. The summed E-state index contributed by atoms with van der Waals surface area (Å²) >= 11 is 0. The molecule has 0 unspecified atom stereocenters. The van der Waals surface area contributed by atoms with Gasteiger partial charge in [-0.25, -0.2) is 4.79 Å². The summed E-state index contributed by atoms with van der Waals surface area (Å²) in [6.45, 7) is -0.0544. The van der Waals surface area contributed by atoms with Crippen molar-refractivity contribution >= 4 is 17.7 Å². The van der Waals surface area contributed by atoms with Crippen molar-refractivity contribution in [3.63, 3.8) is 0 Å². The number of carboxylic acid groups (broad SMARTS) is 1. The number of hydrogen-bond acceptors (Lipinski definition) is 5. The number of rotatable bonds is 5. The lowest BCUT2D eigenvalue weighted by atomic mass is 10.3. The predicted molar refractivity (Wildman–Crippen MR) is 59.4 cm³/mol. The number of hydrogen-bond donors (Lipinski definition) is 2. The van der Waals surface area contributed by atoms with E-state index in [1.807, 2.05) is 0 Å². The quantitative estimate of drug-likeness (QED) is 0.601. The topological polar surface area (TPSA) is 119 Å². The van der Waals surface area contributed by atoms with Gasteiger partial charge in [0, 0.05) is 18.7 Å². The molecule has 2 N–H and O–H groups in total. The average molecular weight is 254 g/mol. The summed E-state index contributed by atoms with van der Waals surface area (Å²) in [7, 11) is 0. The number of nitro benzene ring substituents is 1. The number of nitro groups is 1. The van der Waals surface area contributed by atoms with E-state index in [1.54, 1.807) is 0 Å². The van der Waals surface area contributed by atoms with Crippen molar-refractivity contribution in [2.24, 2.45) is 0 Å². The van der Waals surface area contributed by atoms with Crippen LogP contribution in [0.3, 0.4) is 0 Å². The Balaban J connectivity index is 2.44. The third-order valence-electron chi connectivity index (χ3n) is 1.87. The van der Waals surface area contributed by atoms with Crippen molar-refractivity contribution in [2.45, 2.75) is 6.42 Å². The third-order valence-corrected chi connectivity index (χ3v) is 1.87. The lowest BCUT2D eigenvalue weighted by molar-refractivity contribution is -0.384. The fourth-order valence-electron chi connectivity index (χ4n) is 1.05. The number of carboxylic acids is 1. The van der Waals surface area contributed by atoms with Gasteiger partial charge >= 0.3 is 12.1 Å². The van der Waals surface area contributed by atoms with Crippen LogP contribution in [0, 0.1) is 10.1 Å². The molecule has 8 nitrogen and oxygen atoms in total. The van der Waals surface area contributed by atoms with Gasteiger partial charge < -0.3 is 15.2 Å². The molecule has 0 aliphatic carbocycles. The molecule has 18 heavy (non-hydrogen) atoms. The van der Waals surface area contributed by atoms with Gasteiger partial charge in [0.1, 0.15) is 5.75 Å². The monoisotopic (exact) mass is 254 g/mol. The van der Waals surface area contributed by atoms with Gasteiger partial charge in [-0.3, -0.25) is 14.9 Å². The zero-order chi connectivity index (χ0) is 13.5. The van der Waals surface area contributed by atoms with E-state index < -0.39 is 17.0 Å². The molecule has 0 aromatic heterocycles. The van der Waals surface area contributed by atoms with Gasteiger partial charge in [0.25, 0.3) is 5.69 Å². The molecule has 0 spiro atoms. The summed E-state index contributed by atoms with van der Waals surface area (Å²) in [5.41, 5.74) is -0.117. The van der Waals surface area contributed by atoms with Gasteiger partial charge in [0.15, 0.2) is 0 Å².